The predicted molar refractivity (Wildman–Crippen MR) is 68.2 cm³/mol. The molecule has 1 atom stereocenters. The van der Waals surface area contributed by atoms with Crippen molar-refractivity contribution in [3.8, 4) is 5.75 Å². The third-order valence-corrected chi connectivity index (χ3v) is 2.85. The predicted octanol–water partition coefficient (Wildman–Crippen LogP) is 3.13. The second-order valence-electron chi connectivity index (χ2n) is 4.04. The molecule has 0 spiro atoms. The molecule has 106 valence electrons. The zero-order valence-electron chi connectivity index (χ0n) is 10.7. The molecule has 1 aromatic heterocycles. The van der Waals surface area contributed by atoms with E-state index in [0.29, 0.717) is 11.1 Å². The number of nitrogens with one attached hydrogen (secondary N) is 1. The molecular formula is C14H13F3N2O. The summed E-state index contributed by atoms with van der Waals surface area (Å²) in [7, 11) is 1.61. The van der Waals surface area contributed by atoms with E-state index in [0.717, 1.165) is 6.20 Å². The second-order valence-corrected chi connectivity index (χ2v) is 4.04. The molecule has 0 aliphatic heterocycles. The molecule has 0 aliphatic carbocycles. The van der Waals surface area contributed by atoms with E-state index in [4.69, 9.17) is 0 Å². The Balaban J connectivity index is 2.45. The van der Waals surface area contributed by atoms with Gasteiger partial charge in [-0.2, -0.15) is 8.78 Å². The first kappa shape index (κ1) is 14.3. The first-order valence-corrected chi connectivity index (χ1v) is 5.94. The number of hydrogen-bond acceptors (Lipinski definition) is 3. The van der Waals surface area contributed by atoms with Gasteiger partial charge in [-0.25, -0.2) is 4.39 Å². The van der Waals surface area contributed by atoms with Crippen molar-refractivity contribution in [2.75, 3.05) is 7.05 Å². The van der Waals surface area contributed by atoms with Crippen LogP contribution in [0.1, 0.15) is 17.2 Å². The molecule has 0 aliphatic rings. The molecule has 3 nitrogen and oxygen atoms in total. The molecule has 20 heavy (non-hydrogen) atoms. The van der Waals surface area contributed by atoms with Gasteiger partial charge in [0.15, 0.2) is 0 Å². The maximum atomic E-state index is 13.8. The summed E-state index contributed by atoms with van der Waals surface area (Å²) in [6.45, 7) is -2.93. The summed E-state index contributed by atoms with van der Waals surface area (Å²) in [5, 5.41) is 2.90. The Labute approximate surface area is 114 Å². The number of rotatable bonds is 5. The van der Waals surface area contributed by atoms with Crippen LogP contribution in [0.25, 0.3) is 0 Å². The highest BCUT2D eigenvalue weighted by molar-refractivity contribution is 5.41. The molecule has 1 N–H and O–H groups in total. The number of para-hydroxylation sites is 1. The highest BCUT2D eigenvalue weighted by Gasteiger charge is 2.21. The molecule has 2 aromatic rings. The molecule has 0 saturated heterocycles. The Hall–Kier alpha value is -2.08. The number of halogens is 3. The number of aromatic nitrogens is 1. The first-order chi connectivity index (χ1) is 9.63. The van der Waals surface area contributed by atoms with Crippen LogP contribution in [0.4, 0.5) is 13.2 Å². The van der Waals surface area contributed by atoms with Crippen molar-refractivity contribution in [1.82, 2.24) is 10.3 Å². The molecule has 2 rings (SSSR count). The van der Waals surface area contributed by atoms with Crippen molar-refractivity contribution in [2.45, 2.75) is 12.7 Å². The Morgan fingerprint density at radius 1 is 1.15 bits per heavy atom. The Morgan fingerprint density at radius 2 is 1.90 bits per heavy atom. The Kier molecular flexibility index (Phi) is 4.57. The average molecular weight is 282 g/mol. The fourth-order valence-corrected chi connectivity index (χ4v) is 2.02. The Morgan fingerprint density at radius 3 is 2.55 bits per heavy atom. The van der Waals surface area contributed by atoms with E-state index < -0.39 is 18.5 Å². The highest BCUT2D eigenvalue weighted by atomic mass is 19.3. The molecule has 1 unspecified atom stereocenters. The number of alkyl halides is 2. The monoisotopic (exact) mass is 282 g/mol. The van der Waals surface area contributed by atoms with Crippen LogP contribution in [0, 0.1) is 5.82 Å². The average Bonchev–Trinajstić information content (AvgIpc) is 2.43. The van der Waals surface area contributed by atoms with Crippen molar-refractivity contribution in [1.29, 1.82) is 0 Å². The van der Waals surface area contributed by atoms with Gasteiger partial charge in [0.25, 0.3) is 0 Å². The normalized spacial score (nSPS) is 12.4. The van der Waals surface area contributed by atoms with Crippen molar-refractivity contribution < 1.29 is 17.9 Å². The second kappa shape index (κ2) is 6.38. The van der Waals surface area contributed by atoms with E-state index >= 15 is 0 Å². The molecule has 1 aromatic carbocycles. The first-order valence-electron chi connectivity index (χ1n) is 5.94. The lowest BCUT2D eigenvalue weighted by molar-refractivity contribution is -0.0506. The SMILES string of the molecule is CNC(c1ccncc1F)c1ccccc1OC(F)F. The number of ether oxygens (including phenoxy) is 1. The van der Waals surface area contributed by atoms with Crippen LogP contribution in [-0.2, 0) is 0 Å². The zero-order chi connectivity index (χ0) is 14.5. The van der Waals surface area contributed by atoms with Crippen LogP contribution in [0.15, 0.2) is 42.7 Å². The smallest absolute Gasteiger partial charge is 0.387 e. The van der Waals surface area contributed by atoms with Gasteiger partial charge in [-0.3, -0.25) is 4.98 Å². The third-order valence-electron chi connectivity index (χ3n) is 2.85. The van der Waals surface area contributed by atoms with Crippen molar-refractivity contribution in [3.63, 3.8) is 0 Å². The van der Waals surface area contributed by atoms with Gasteiger partial charge in [-0.15, -0.1) is 0 Å². The summed E-state index contributed by atoms with van der Waals surface area (Å²) < 4.78 is 43.1. The summed E-state index contributed by atoms with van der Waals surface area (Å²) >= 11 is 0. The molecule has 0 amide bonds. The van der Waals surface area contributed by atoms with Crippen LogP contribution < -0.4 is 10.1 Å². The molecule has 0 radical (unpaired) electrons. The lowest BCUT2D eigenvalue weighted by atomic mass is 9.98. The lowest BCUT2D eigenvalue weighted by Gasteiger charge is -2.20. The van der Waals surface area contributed by atoms with Gasteiger partial charge in [0, 0.05) is 17.3 Å². The largest absolute Gasteiger partial charge is 0.434 e. The summed E-state index contributed by atoms with van der Waals surface area (Å²) in [6, 6.07) is 7.18. The van der Waals surface area contributed by atoms with Crippen molar-refractivity contribution >= 4 is 0 Å². The van der Waals surface area contributed by atoms with Gasteiger partial charge in [-0.1, -0.05) is 18.2 Å². The lowest BCUT2D eigenvalue weighted by Crippen LogP contribution is -2.20. The number of benzene rings is 1. The van der Waals surface area contributed by atoms with E-state index in [-0.39, 0.29) is 5.75 Å². The quantitative estimate of drug-likeness (QED) is 0.915. The molecule has 0 saturated carbocycles. The summed E-state index contributed by atoms with van der Waals surface area (Å²) in [5.41, 5.74) is 0.744. The number of hydrogen-bond donors (Lipinski definition) is 1. The zero-order valence-corrected chi connectivity index (χ0v) is 10.7. The summed E-state index contributed by atoms with van der Waals surface area (Å²) in [4.78, 5) is 3.67. The van der Waals surface area contributed by atoms with Crippen molar-refractivity contribution in [3.05, 3.63) is 59.7 Å². The van der Waals surface area contributed by atoms with E-state index in [2.05, 4.69) is 15.0 Å². The van der Waals surface area contributed by atoms with Crippen LogP contribution in [0.2, 0.25) is 0 Å². The van der Waals surface area contributed by atoms with E-state index in [1.54, 1.807) is 25.2 Å². The molecule has 1 heterocycles. The number of pyridine rings is 1. The minimum Gasteiger partial charge on any atom is -0.434 e. The van der Waals surface area contributed by atoms with Gasteiger partial charge in [0.05, 0.1) is 12.2 Å². The van der Waals surface area contributed by atoms with Crippen LogP contribution in [0.5, 0.6) is 5.75 Å². The van der Waals surface area contributed by atoms with Gasteiger partial charge in [0.2, 0.25) is 0 Å². The minimum atomic E-state index is -2.93. The Bertz CT molecular complexity index is 578. The summed E-state index contributed by atoms with van der Waals surface area (Å²) in [6.07, 6.45) is 2.52. The van der Waals surface area contributed by atoms with Crippen LogP contribution in [-0.4, -0.2) is 18.6 Å². The van der Waals surface area contributed by atoms with Gasteiger partial charge in [0.1, 0.15) is 11.6 Å². The van der Waals surface area contributed by atoms with Gasteiger partial charge >= 0.3 is 6.61 Å². The topological polar surface area (TPSA) is 34.2 Å². The highest BCUT2D eigenvalue weighted by Crippen LogP contribution is 2.31. The van der Waals surface area contributed by atoms with E-state index in [1.165, 1.54) is 18.3 Å². The molecule has 6 heteroatoms. The van der Waals surface area contributed by atoms with Gasteiger partial charge < -0.3 is 10.1 Å². The standard InChI is InChI=1S/C14H13F3N2O/c1-18-13(9-6-7-19-8-11(9)15)10-4-2-3-5-12(10)20-14(16)17/h2-8,13-14,18H,1H3. The maximum Gasteiger partial charge on any atom is 0.387 e. The minimum absolute atomic E-state index is 0.0121. The van der Waals surface area contributed by atoms with E-state index in [9.17, 15) is 13.2 Å². The summed E-state index contributed by atoms with van der Waals surface area (Å²) in [5.74, 6) is -0.503. The third kappa shape index (κ3) is 3.08. The van der Waals surface area contributed by atoms with Crippen LogP contribution in [0.3, 0.4) is 0 Å². The van der Waals surface area contributed by atoms with Crippen LogP contribution >= 0.6 is 0 Å². The molecule has 0 bridgehead atoms. The van der Waals surface area contributed by atoms with E-state index in [1.807, 2.05) is 0 Å². The number of nitrogens with zero attached hydrogens (tertiary/aromatic N) is 1. The fourth-order valence-electron chi connectivity index (χ4n) is 2.02. The fraction of sp³-hybridized carbons (Fsp3) is 0.214. The molecular weight excluding hydrogens is 269 g/mol. The maximum absolute atomic E-state index is 13.8. The van der Waals surface area contributed by atoms with Crippen molar-refractivity contribution in [2.24, 2.45) is 0 Å². The van der Waals surface area contributed by atoms with Gasteiger partial charge in [-0.05, 0) is 19.2 Å². The molecule has 0 fully saturated rings.